The van der Waals surface area contributed by atoms with Crippen molar-refractivity contribution in [1.29, 1.82) is 5.26 Å². The van der Waals surface area contributed by atoms with E-state index in [1.54, 1.807) is 0 Å². The number of carbonyl (C=O) groups is 1. The fourth-order valence-electron chi connectivity index (χ4n) is 2.35. The van der Waals surface area contributed by atoms with E-state index in [-0.39, 0.29) is 10.8 Å². The van der Waals surface area contributed by atoms with Crippen LogP contribution in [0, 0.1) is 16.7 Å². The number of hydrogen-bond acceptors (Lipinski definition) is 4. The lowest BCUT2D eigenvalue weighted by atomic mass is 9.87. The Labute approximate surface area is 117 Å². The van der Waals surface area contributed by atoms with Crippen molar-refractivity contribution in [3.63, 3.8) is 0 Å². The Bertz CT molecular complexity index is 653. The zero-order valence-electron chi connectivity index (χ0n) is 10.8. The van der Waals surface area contributed by atoms with Crippen LogP contribution in [-0.2, 0) is 14.8 Å². The van der Waals surface area contributed by atoms with E-state index in [0.29, 0.717) is 18.5 Å². The zero-order valence-corrected chi connectivity index (χ0v) is 11.6. The van der Waals surface area contributed by atoms with Crippen LogP contribution >= 0.6 is 0 Å². The zero-order chi connectivity index (χ0) is 14.8. The standard InChI is InChI=1S/C13H15N3O3S/c14-9-13(7-1-2-8-13)12(17)16-10-3-5-11(6-4-10)20(15,18)19/h3-6H,1-2,7-8H2,(H,16,17)(H2,15,18,19). The largest absolute Gasteiger partial charge is 0.325 e. The van der Waals surface area contributed by atoms with Gasteiger partial charge in [0, 0.05) is 5.69 Å². The van der Waals surface area contributed by atoms with Gasteiger partial charge in [0.1, 0.15) is 5.41 Å². The number of nitriles is 1. The first-order valence-electron chi connectivity index (χ1n) is 6.23. The molecule has 6 nitrogen and oxygen atoms in total. The van der Waals surface area contributed by atoms with E-state index in [2.05, 4.69) is 11.4 Å². The number of sulfonamides is 1. The van der Waals surface area contributed by atoms with Gasteiger partial charge in [-0.15, -0.1) is 0 Å². The Hall–Kier alpha value is -1.91. The molecular weight excluding hydrogens is 278 g/mol. The molecule has 7 heteroatoms. The monoisotopic (exact) mass is 293 g/mol. The molecule has 1 amide bonds. The summed E-state index contributed by atoms with van der Waals surface area (Å²) in [6, 6.07) is 7.65. The Kier molecular flexibility index (Phi) is 3.79. The number of anilines is 1. The van der Waals surface area contributed by atoms with Crippen molar-refractivity contribution in [3.8, 4) is 6.07 Å². The molecule has 20 heavy (non-hydrogen) atoms. The maximum absolute atomic E-state index is 12.2. The number of primary sulfonamides is 1. The van der Waals surface area contributed by atoms with Crippen molar-refractivity contribution in [2.75, 3.05) is 5.32 Å². The Morgan fingerprint density at radius 2 is 1.80 bits per heavy atom. The Morgan fingerprint density at radius 3 is 2.25 bits per heavy atom. The van der Waals surface area contributed by atoms with E-state index in [1.807, 2.05) is 0 Å². The van der Waals surface area contributed by atoms with Crippen molar-refractivity contribution in [1.82, 2.24) is 0 Å². The van der Waals surface area contributed by atoms with Crippen LogP contribution in [0.5, 0.6) is 0 Å². The molecule has 106 valence electrons. The van der Waals surface area contributed by atoms with Crippen molar-refractivity contribution >= 4 is 21.6 Å². The second-order valence-corrected chi connectivity index (χ2v) is 6.49. The van der Waals surface area contributed by atoms with E-state index in [1.165, 1.54) is 24.3 Å². The average molecular weight is 293 g/mol. The van der Waals surface area contributed by atoms with Crippen molar-refractivity contribution < 1.29 is 13.2 Å². The van der Waals surface area contributed by atoms with Crippen LogP contribution in [0.25, 0.3) is 0 Å². The lowest BCUT2D eigenvalue weighted by molar-refractivity contribution is -0.122. The molecule has 1 aliphatic rings. The van der Waals surface area contributed by atoms with Crippen LogP contribution in [-0.4, -0.2) is 14.3 Å². The first-order valence-corrected chi connectivity index (χ1v) is 7.78. The molecule has 2 rings (SSSR count). The third kappa shape index (κ3) is 2.81. The highest BCUT2D eigenvalue weighted by Gasteiger charge is 2.41. The summed E-state index contributed by atoms with van der Waals surface area (Å²) < 4.78 is 22.2. The van der Waals surface area contributed by atoms with Crippen molar-refractivity contribution in [2.24, 2.45) is 10.6 Å². The minimum absolute atomic E-state index is 0.0219. The highest BCUT2D eigenvalue weighted by molar-refractivity contribution is 7.89. The molecule has 1 fully saturated rings. The average Bonchev–Trinajstić information content (AvgIpc) is 2.88. The van der Waals surface area contributed by atoms with Crippen LogP contribution in [0.4, 0.5) is 5.69 Å². The van der Waals surface area contributed by atoms with E-state index < -0.39 is 15.4 Å². The van der Waals surface area contributed by atoms with Gasteiger partial charge in [0.15, 0.2) is 0 Å². The molecular formula is C13H15N3O3S. The molecule has 3 N–H and O–H groups in total. The number of rotatable bonds is 3. The summed E-state index contributed by atoms with van der Waals surface area (Å²) in [6.07, 6.45) is 2.85. The number of nitrogens with two attached hydrogens (primary N) is 1. The summed E-state index contributed by atoms with van der Waals surface area (Å²) in [7, 11) is -3.75. The van der Waals surface area contributed by atoms with E-state index in [0.717, 1.165) is 12.8 Å². The maximum atomic E-state index is 12.2. The SMILES string of the molecule is N#CC1(C(=O)Nc2ccc(S(N)(=O)=O)cc2)CCCC1. The van der Waals surface area contributed by atoms with Crippen LogP contribution < -0.4 is 10.5 Å². The van der Waals surface area contributed by atoms with E-state index in [9.17, 15) is 18.5 Å². The highest BCUT2D eigenvalue weighted by atomic mass is 32.2. The van der Waals surface area contributed by atoms with Gasteiger partial charge in [-0.2, -0.15) is 5.26 Å². The molecule has 0 radical (unpaired) electrons. The van der Waals surface area contributed by atoms with Crippen molar-refractivity contribution in [2.45, 2.75) is 30.6 Å². The Balaban J connectivity index is 2.15. The fourth-order valence-corrected chi connectivity index (χ4v) is 2.86. The number of carbonyl (C=O) groups excluding carboxylic acids is 1. The van der Waals surface area contributed by atoms with Gasteiger partial charge in [0.2, 0.25) is 15.9 Å². The number of nitrogens with zero attached hydrogens (tertiary/aromatic N) is 1. The second kappa shape index (κ2) is 5.23. The summed E-state index contributed by atoms with van der Waals surface area (Å²) in [4.78, 5) is 12.2. The van der Waals surface area contributed by atoms with Crippen molar-refractivity contribution in [3.05, 3.63) is 24.3 Å². The Morgan fingerprint density at radius 1 is 1.25 bits per heavy atom. The van der Waals surface area contributed by atoms with Gasteiger partial charge in [-0.25, -0.2) is 13.6 Å². The molecule has 1 saturated carbocycles. The lowest BCUT2D eigenvalue weighted by Crippen LogP contribution is -2.32. The maximum Gasteiger partial charge on any atom is 0.244 e. The minimum Gasteiger partial charge on any atom is -0.325 e. The van der Waals surface area contributed by atoms with E-state index in [4.69, 9.17) is 5.14 Å². The lowest BCUT2D eigenvalue weighted by Gasteiger charge is -2.19. The van der Waals surface area contributed by atoms with Gasteiger partial charge in [-0.05, 0) is 37.1 Å². The van der Waals surface area contributed by atoms with Crippen LogP contribution in [0.3, 0.4) is 0 Å². The van der Waals surface area contributed by atoms with Gasteiger partial charge in [-0.3, -0.25) is 4.79 Å². The number of amides is 1. The molecule has 1 aliphatic carbocycles. The fraction of sp³-hybridized carbons (Fsp3) is 0.385. The number of benzene rings is 1. The molecule has 0 atom stereocenters. The summed E-state index contributed by atoms with van der Waals surface area (Å²) >= 11 is 0. The molecule has 1 aromatic carbocycles. The predicted octanol–water partition coefficient (Wildman–Crippen LogP) is 1.36. The molecule has 0 aromatic heterocycles. The molecule has 0 spiro atoms. The summed E-state index contributed by atoms with van der Waals surface area (Å²) in [5.41, 5.74) is -0.512. The quantitative estimate of drug-likeness (QED) is 0.875. The minimum atomic E-state index is -3.75. The van der Waals surface area contributed by atoms with Gasteiger partial charge in [0.25, 0.3) is 0 Å². The molecule has 0 saturated heterocycles. The van der Waals surface area contributed by atoms with Crippen LogP contribution in [0.15, 0.2) is 29.2 Å². The molecule has 0 heterocycles. The van der Waals surface area contributed by atoms with Gasteiger partial charge in [0.05, 0.1) is 11.0 Å². The topological polar surface area (TPSA) is 113 Å². The second-order valence-electron chi connectivity index (χ2n) is 4.92. The third-order valence-electron chi connectivity index (χ3n) is 3.55. The smallest absolute Gasteiger partial charge is 0.244 e. The molecule has 1 aromatic rings. The molecule has 0 bridgehead atoms. The predicted molar refractivity (Wildman–Crippen MR) is 73.0 cm³/mol. The van der Waals surface area contributed by atoms with Crippen LogP contribution in [0.2, 0.25) is 0 Å². The highest BCUT2D eigenvalue weighted by Crippen LogP contribution is 2.38. The first kappa shape index (κ1) is 14.5. The summed E-state index contributed by atoms with van der Waals surface area (Å²) in [5.74, 6) is -0.333. The molecule has 0 aliphatic heterocycles. The molecule has 0 unspecified atom stereocenters. The van der Waals surface area contributed by atoms with Gasteiger partial charge in [-0.1, -0.05) is 12.8 Å². The number of nitrogens with one attached hydrogen (secondary N) is 1. The first-order chi connectivity index (χ1) is 9.37. The van der Waals surface area contributed by atoms with Gasteiger partial charge >= 0.3 is 0 Å². The third-order valence-corrected chi connectivity index (χ3v) is 4.48. The summed E-state index contributed by atoms with van der Waals surface area (Å²) in [6.45, 7) is 0. The normalized spacial score (nSPS) is 17.4. The van der Waals surface area contributed by atoms with Gasteiger partial charge < -0.3 is 5.32 Å². The number of hydrogen-bond donors (Lipinski definition) is 2. The van der Waals surface area contributed by atoms with E-state index >= 15 is 0 Å². The van der Waals surface area contributed by atoms with Crippen LogP contribution in [0.1, 0.15) is 25.7 Å². The summed E-state index contributed by atoms with van der Waals surface area (Å²) in [5, 5.41) is 16.9.